The van der Waals surface area contributed by atoms with Gasteiger partial charge in [-0.3, -0.25) is 0 Å². The third-order valence-corrected chi connectivity index (χ3v) is 2.06. The molecule has 2 heteroatoms. The predicted octanol–water partition coefficient (Wildman–Crippen LogP) is 2.43. The topological polar surface area (TPSA) is 3.24 Å². The average Bonchev–Trinajstić information content (AvgIpc) is 2.05. The Morgan fingerprint density at radius 1 is 1.27 bits per heavy atom. The Hall–Kier alpha value is -0.630. The maximum Gasteiger partial charge on any atom is 0.0364 e. The Labute approximate surface area is 73.4 Å². The molecule has 0 aliphatic heterocycles. The molecule has 0 atom stereocenters. The maximum atomic E-state index is 4.21. The van der Waals surface area contributed by atoms with Crippen molar-refractivity contribution in [1.29, 1.82) is 0 Å². The molecule has 0 spiro atoms. The first kappa shape index (κ1) is 8.47. The van der Waals surface area contributed by atoms with Crippen molar-refractivity contribution < 1.29 is 0 Å². The van der Waals surface area contributed by atoms with E-state index in [1.54, 1.807) is 0 Å². The SMILES string of the molecule is CCN(C)c1ccc(S)cc1. The molecule has 0 heterocycles. The van der Waals surface area contributed by atoms with E-state index in [1.807, 2.05) is 12.1 Å². The van der Waals surface area contributed by atoms with Crippen LogP contribution in [-0.2, 0) is 0 Å². The van der Waals surface area contributed by atoms with Gasteiger partial charge in [-0.25, -0.2) is 0 Å². The van der Waals surface area contributed by atoms with E-state index in [2.05, 4.69) is 43.6 Å². The summed E-state index contributed by atoms with van der Waals surface area (Å²) < 4.78 is 0. The fourth-order valence-electron chi connectivity index (χ4n) is 0.890. The minimum absolute atomic E-state index is 1.01. The van der Waals surface area contributed by atoms with Gasteiger partial charge in [0.05, 0.1) is 0 Å². The molecule has 0 aliphatic rings. The number of hydrogen-bond acceptors (Lipinski definition) is 2. The van der Waals surface area contributed by atoms with Gasteiger partial charge < -0.3 is 4.90 Å². The van der Waals surface area contributed by atoms with Crippen molar-refractivity contribution in [1.82, 2.24) is 0 Å². The summed E-state index contributed by atoms with van der Waals surface area (Å²) in [5.74, 6) is 0. The van der Waals surface area contributed by atoms with Crippen LogP contribution in [0.5, 0.6) is 0 Å². The summed E-state index contributed by atoms with van der Waals surface area (Å²) in [6.07, 6.45) is 0. The molecule has 0 N–H and O–H groups in total. The van der Waals surface area contributed by atoms with Crippen LogP contribution in [0.25, 0.3) is 0 Å². The van der Waals surface area contributed by atoms with Crippen molar-refractivity contribution in [3.63, 3.8) is 0 Å². The average molecular weight is 167 g/mol. The molecule has 0 fully saturated rings. The fourth-order valence-corrected chi connectivity index (χ4v) is 1.04. The second kappa shape index (κ2) is 3.67. The van der Waals surface area contributed by atoms with E-state index >= 15 is 0 Å². The van der Waals surface area contributed by atoms with Gasteiger partial charge in [-0.05, 0) is 31.2 Å². The van der Waals surface area contributed by atoms with Crippen molar-refractivity contribution in [2.75, 3.05) is 18.5 Å². The van der Waals surface area contributed by atoms with Gasteiger partial charge in [0.15, 0.2) is 0 Å². The second-order valence-electron chi connectivity index (χ2n) is 2.53. The molecule has 0 unspecified atom stereocenters. The van der Waals surface area contributed by atoms with Crippen LogP contribution in [-0.4, -0.2) is 13.6 Å². The van der Waals surface area contributed by atoms with Crippen LogP contribution in [0.3, 0.4) is 0 Å². The third kappa shape index (κ3) is 2.15. The first-order valence-electron chi connectivity index (χ1n) is 3.74. The van der Waals surface area contributed by atoms with E-state index in [-0.39, 0.29) is 0 Å². The molecule has 0 saturated carbocycles. The molecule has 0 aliphatic carbocycles. The highest BCUT2D eigenvalue weighted by atomic mass is 32.1. The molecule has 0 radical (unpaired) electrons. The monoisotopic (exact) mass is 167 g/mol. The van der Waals surface area contributed by atoms with Crippen LogP contribution < -0.4 is 4.90 Å². The van der Waals surface area contributed by atoms with E-state index in [4.69, 9.17) is 0 Å². The minimum Gasteiger partial charge on any atom is -0.375 e. The zero-order valence-electron chi connectivity index (χ0n) is 6.91. The number of benzene rings is 1. The molecule has 1 aromatic carbocycles. The summed E-state index contributed by atoms with van der Waals surface area (Å²) in [4.78, 5) is 3.20. The summed E-state index contributed by atoms with van der Waals surface area (Å²) in [5.41, 5.74) is 1.24. The highest BCUT2D eigenvalue weighted by Gasteiger charge is 1.94. The summed E-state index contributed by atoms with van der Waals surface area (Å²) in [6, 6.07) is 8.16. The number of thiol groups is 1. The van der Waals surface area contributed by atoms with Gasteiger partial charge in [0.1, 0.15) is 0 Å². The van der Waals surface area contributed by atoms with Crippen molar-refractivity contribution in [3.8, 4) is 0 Å². The lowest BCUT2D eigenvalue weighted by Gasteiger charge is -2.16. The van der Waals surface area contributed by atoms with Gasteiger partial charge in [0.25, 0.3) is 0 Å². The molecule has 60 valence electrons. The van der Waals surface area contributed by atoms with Gasteiger partial charge in [-0.15, -0.1) is 12.6 Å². The summed E-state index contributed by atoms with van der Waals surface area (Å²) in [6.45, 7) is 3.17. The molecule has 0 bridgehead atoms. The predicted molar refractivity (Wildman–Crippen MR) is 52.6 cm³/mol. The quantitative estimate of drug-likeness (QED) is 0.662. The lowest BCUT2D eigenvalue weighted by Crippen LogP contribution is -2.15. The van der Waals surface area contributed by atoms with Crippen molar-refractivity contribution in [2.24, 2.45) is 0 Å². The third-order valence-electron chi connectivity index (χ3n) is 1.76. The fraction of sp³-hybridized carbons (Fsp3) is 0.333. The zero-order valence-corrected chi connectivity index (χ0v) is 7.81. The normalized spacial score (nSPS) is 9.73. The number of anilines is 1. The van der Waals surface area contributed by atoms with E-state index in [0.29, 0.717) is 0 Å². The van der Waals surface area contributed by atoms with Crippen molar-refractivity contribution in [3.05, 3.63) is 24.3 Å². The van der Waals surface area contributed by atoms with Gasteiger partial charge in [-0.2, -0.15) is 0 Å². The van der Waals surface area contributed by atoms with Crippen LogP contribution in [0.15, 0.2) is 29.2 Å². The Morgan fingerprint density at radius 2 is 1.82 bits per heavy atom. The molecule has 11 heavy (non-hydrogen) atoms. The molecule has 0 amide bonds. The van der Waals surface area contributed by atoms with Gasteiger partial charge in [0, 0.05) is 24.2 Å². The number of nitrogens with zero attached hydrogens (tertiary/aromatic N) is 1. The van der Waals surface area contributed by atoms with Gasteiger partial charge in [-0.1, -0.05) is 0 Å². The number of rotatable bonds is 2. The van der Waals surface area contributed by atoms with Crippen LogP contribution in [0.2, 0.25) is 0 Å². The summed E-state index contributed by atoms with van der Waals surface area (Å²) in [7, 11) is 2.08. The van der Waals surface area contributed by atoms with Gasteiger partial charge >= 0.3 is 0 Å². The van der Waals surface area contributed by atoms with Crippen LogP contribution >= 0.6 is 12.6 Å². The Bertz CT molecular complexity index is 218. The lowest BCUT2D eigenvalue weighted by molar-refractivity contribution is 0.967. The summed E-state index contributed by atoms with van der Waals surface area (Å²) in [5, 5.41) is 0. The number of hydrogen-bond donors (Lipinski definition) is 1. The maximum absolute atomic E-state index is 4.21. The highest BCUT2D eigenvalue weighted by Crippen LogP contribution is 2.14. The molecular formula is C9H13NS. The first-order chi connectivity index (χ1) is 5.24. The molecule has 1 aromatic rings. The van der Waals surface area contributed by atoms with Crippen LogP contribution in [0, 0.1) is 0 Å². The van der Waals surface area contributed by atoms with E-state index in [9.17, 15) is 0 Å². The molecule has 0 aromatic heterocycles. The standard InChI is InChI=1S/C9H13NS/c1-3-10(2)8-4-6-9(11)7-5-8/h4-7,11H,3H2,1-2H3. The van der Waals surface area contributed by atoms with E-state index in [0.717, 1.165) is 11.4 Å². The largest absolute Gasteiger partial charge is 0.375 e. The van der Waals surface area contributed by atoms with E-state index in [1.165, 1.54) is 5.69 Å². The van der Waals surface area contributed by atoms with E-state index < -0.39 is 0 Å². The Morgan fingerprint density at radius 3 is 2.27 bits per heavy atom. The van der Waals surface area contributed by atoms with Crippen LogP contribution in [0.1, 0.15) is 6.92 Å². The molecular weight excluding hydrogens is 154 g/mol. The highest BCUT2D eigenvalue weighted by molar-refractivity contribution is 7.80. The second-order valence-corrected chi connectivity index (χ2v) is 3.05. The van der Waals surface area contributed by atoms with Crippen LogP contribution in [0.4, 0.5) is 5.69 Å². The Balaban J connectivity index is 2.81. The molecule has 0 saturated heterocycles. The van der Waals surface area contributed by atoms with Gasteiger partial charge in [0.2, 0.25) is 0 Å². The Kier molecular flexibility index (Phi) is 2.83. The van der Waals surface area contributed by atoms with Crippen molar-refractivity contribution in [2.45, 2.75) is 11.8 Å². The minimum atomic E-state index is 1.01. The zero-order chi connectivity index (χ0) is 8.27. The first-order valence-corrected chi connectivity index (χ1v) is 4.19. The smallest absolute Gasteiger partial charge is 0.0364 e. The molecule has 1 nitrogen and oxygen atoms in total. The van der Waals surface area contributed by atoms with Crippen molar-refractivity contribution >= 4 is 18.3 Å². The molecule has 1 rings (SSSR count). The summed E-state index contributed by atoms with van der Waals surface area (Å²) >= 11 is 4.21. The lowest BCUT2D eigenvalue weighted by atomic mass is 10.3.